The van der Waals surface area contributed by atoms with Gasteiger partial charge in [0.2, 0.25) is 0 Å². The Balaban J connectivity index is 2.08. The first-order valence-electron chi connectivity index (χ1n) is 6.54. The smallest absolute Gasteiger partial charge is 0.156 e. The van der Waals surface area contributed by atoms with Gasteiger partial charge in [0.05, 0.1) is 18.1 Å². The van der Waals surface area contributed by atoms with Gasteiger partial charge in [-0.15, -0.1) is 0 Å². The monoisotopic (exact) mass is 324 g/mol. The molecule has 0 saturated carbocycles. The molecule has 0 spiro atoms. The number of rotatable bonds is 4. The molecular formula is C16H18Cl2OSi. The summed E-state index contributed by atoms with van der Waals surface area (Å²) in [5, 5.41) is 2.52. The minimum atomic E-state index is -1.24. The van der Waals surface area contributed by atoms with E-state index in [1.165, 1.54) is 5.19 Å². The average molecular weight is 325 g/mol. The topological polar surface area (TPSA) is 9.23 Å². The molecule has 0 heterocycles. The molecule has 0 aliphatic rings. The number of hydrogen-bond acceptors (Lipinski definition) is 1. The van der Waals surface area contributed by atoms with Crippen LogP contribution in [-0.4, -0.2) is 8.07 Å². The van der Waals surface area contributed by atoms with Crippen molar-refractivity contribution in [3.05, 3.63) is 58.1 Å². The summed E-state index contributed by atoms with van der Waals surface area (Å²) in [4.78, 5) is 0. The van der Waals surface area contributed by atoms with Crippen molar-refractivity contribution in [3.63, 3.8) is 0 Å². The van der Waals surface area contributed by atoms with E-state index in [1.54, 1.807) is 18.2 Å². The Labute approximate surface area is 131 Å². The summed E-state index contributed by atoms with van der Waals surface area (Å²) in [7, 11) is -1.24. The number of ether oxygens (including phenoxy) is 1. The van der Waals surface area contributed by atoms with Gasteiger partial charge in [-0.3, -0.25) is 0 Å². The van der Waals surface area contributed by atoms with Gasteiger partial charge in [0, 0.05) is 0 Å². The molecule has 0 aromatic heterocycles. The third kappa shape index (κ3) is 3.78. The summed E-state index contributed by atoms with van der Waals surface area (Å²) in [6.45, 7) is 7.47. The standard InChI is InChI=1S/C16H18Cl2OSi/c1-20(2,3)13-9-7-12(8-10-13)11-19-16-14(17)5-4-6-15(16)18/h4-10H,11H2,1-3H3. The van der Waals surface area contributed by atoms with Gasteiger partial charge in [-0.2, -0.15) is 0 Å². The lowest BCUT2D eigenvalue weighted by Crippen LogP contribution is -2.37. The van der Waals surface area contributed by atoms with Gasteiger partial charge >= 0.3 is 0 Å². The molecule has 2 rings (SSSR count). The van der Waals surface area contributed by atoms with Gasteiger partial charge in [-0.25, -0.2) is 0 Å². The molecule has 0 saturated heterocycles. The second-order valence-electron chi connectivity index (χ2n) is 5.79. The van der Waals surface area contributed by atoms with E-state index >= 15 is 0 Å². The predicted octanol–water partition coefficient (Wildman–Crippen LogP) is 5.12. The fourth-order valence-electron chi connectivity index (χ4n) is 1.88. The Morgan fingerprint density at radius 2 is 1.45 bits per heavy atom. The number of benzene rings is 2. The molecule has 0 unspecified atom stereocenters. The highest BCUT2D eigenvalue weighted by Crippen LogP contribution is 2.32. The lowest BCUT2D eigenvalue weighted by molar-refractivity contribution is 0.306. The van der Waals surface area contributed by atoms with Crippen molar-refractivity contribution in [2.45, 2.75) is 26.2 Å². The Bertz CT molecular complexity index is 568. The van der Waals surface area contributed by atoms with E-state index in [4.69, 9.17) is 27.9 Å². The van der Waals surface area contributed by atoms with Crippen LogP contribution in [0.2, 0.25) is 29.7 Å². The highest BCUT2D eigenvalue weighted by atomic mass is 35.5. The van der Waals surface area contributed by atoms with Crippen LogP contribution >= 0.6 is 23.2 Å². The van der Waals surface area contributed by atoms with Crippen molar-refractivity contribution >= 4 is 36.5 Å². The molecular weight excluding hydrogens is 307 g/mol. The lowest BCUT2D eigenvalue weighted by atomic mass is 10.2. The van der Waals surface area contributed by atoms with Crippen molar-refractivity contribution in [1.82, 2.24) is 0 Å². The van der Waals surface area contributed by atoms with Crippen LogP contribution in [0.1, 0.15) is 5.56 Å². The minimum Gasteiger partial charge on any atom is -0.486 e. The van der Waals surface area contributed by atoms with Gasteiger partial charge in [0.25, 0.3) is 0 Å². The van der Waals surface area contributed by atoms with Gasteiger partial charge in [-0.1, -0.05) is 78.4 Å². The van der Waals surface area contributed by atoms with E-state index in [0.29, 0.717) is 22.4 Å². The Hall–Kier alpha value is -0.963. The summed E-state index contributed by atoms with van der Waals surface area (Å²) in [6, 6.07) is 14.0. The second-order valence-corrected chi connectivity index (χ2v) is 11.7. The fraction of sp³-hybridized carbons (Fsp3) is 0.250. The molecule has 0 bridgehead atoms. The Kier molecular flexibility index (Phi) is 4.79. The Morgan fingerprint density at radius 1 is 0.900 bits per heavy atom. The highest BCUT2D eigenvalue weighted by molar-refractivity contribution is 6.88. The van der Waals surface area contributed by atoms with Gasteiger partial charge in [0.1, 0.15) is 6.61 Å². The molecule has 0 radical (unpaired) electrons. The van der Waals surface area contributed by atoms with E-state index in [0.717, 1.165) is 5.56 Å². The molecule has 0 aliphatic heterocycles. The maximum Gasteiger partial charge on any atom is 0.156 e. The highest BCUT2D eigenvalue weighted by Gasteiger charge is 2.15. The third-order valence-corrected chi connectivity index (χ3v) is 5.78. The summed E-state index contributed by atoms with van der Waals surface area (Å²) in [5.41, 5.74) is 1.11. The van der Waals surface area contributed by atoms with E-state index in [2.05, 4.69) is 43.9 Å². The van der Waals surface area contributed by atoms with E-state index in [1.807, 2.05) is 0 Å². The quantitative estimate of drug-likeness (QED) is 0.709. The predicted molar refractivity (Wildman–Crippen MR) is 90.2 cm³/mol. The summed E-state index contributed by atoms with van der Waals surface area (Å²) >= 11 is 12.2. The number of halogens is 2. The van der Waals surface area contributed by atoms with E-state index in [9.17, 15) is 0 Å². The largest absolute Gasteiger partial charge is 0.486 e. The van der Waals surface area contributed by atoms with Crippen LogP contribution in [0, 0.1) is 0 Å². The summed E-state index contributed by atoms with van der Waals surface area (Å²) in [6.07, 6.45) is 0. The summed E-state index contributed by atoms with van der Waals surface area (Å²) in [5.74, 6) is 0.546. The van der Waals surface area contributed by atoms with Crippen LogP contribution in [0.25, 0.3) is 0 Å². The number of hydrogen-bond donors (Lipinski definition) is 0. The molecule has 0 atom stereocenters. The fourth-order valence-corrected chi connectivity index (χ4v) is 3.55. The second kappa shape index (κ2) is 6.21. The molecule has 2 aromatic carbocycles. The maximum atomic E-state index is 6.08. The maximum absolute atomic E-state index is 6.08. The zero-order valence-corrected chi connectivity index (χ0v) is 14.4. The molecule has 106 valence electrons. The van der Waals surface area contributed by atoms with E-state index < -0.39 is 8.07 Å². The first kappa shape index (κ1) is 15.4. The van der Waals surface area contributed by atoms with Crippen LogP contribution in [0.3, 0.4) is 0 Å². The van der Waals surface area contributed by atoms with Crippen LogP contribution < -0.4 is 9.92 Å². The minimum absolute atomic E-state index is 0.468. The zero-order valence-electron chi connectivity index (χ0n) is 11.9. The third-order valence-electron chi connectivity index (χ3n) is 3.12. The first-order valence-corrected chi connectivity index (χ1v) is 10.8. The van der Waals surface area contributed by atoms with Crippen molar-refractivity contribution in [1.29, 1.82) is 0 Å². The molecule has 0 amide bonds. The van der Waals surface area contributed by atoms with Crippen LogP contribution in [0.4, 0.5) is 0 Å². The molecule has 2 aromatic rings. The Morgan fingerprint density at radius 3 is 1.95 bits per heavy atom. The molecule has 4 heteroatoms. The van der Waals surface area contributed by atoms with E-state index in [-0.39, 0.29) is 0 Å². The van der Waals surface area contributed by atoms with Crippen LogP contribution in [0.15, 0.2) is 42.5 Å². The number of para-hydroxylation sites is 1. The SMILES string of the molecule is C[Si](C)(C)c1ccc(COc2c(Cl)cccc2Cl)cc1. The van der Waals surface area contributed by atoms with Crippen molar-refractivity contribution in [2.24, 2.45) is 0 Å². The van der Waals surface area contributed by atoms with Crippen molar-refractivity contribution < 1.29 is 4.74 Å². The molecule has 1 nitrogen and oxygen atoms in total. The summed E-state index contributed by atoms with van der Waals surface area (Å²) < 4.78 is 5.73. The van der Waals surface area contributed by atoms with Crippen LogP contribution in [0.5, 0.6) is 5.75 Å². The van der Waals surface area contributed by atoms with Crippen molar-refractivity contribution in [3.8, 4) is 5.75 Å². The van der Waals surface area contributed by atoms with Gasteiger partial charge in [-0.05, 0) is 17.7 Å². The average Bonchev–Trinajstić information content (AvgIpc) is 2.37. The molecule has 0 N–H and O–H groups in total. The molecule has 0 fully saturated rings. The van der Waals surface area contributed by atoms with Gasteiger partial charge < -0.3 is 4.74 Å². The molecule has 20 heavy (non-hydrogen) atoms. The normalized spacial score (nSPS) is 11.4. The lowest BCUT2D eigenvalue weighted by Gasteiger charge is -2.17. The van der Waals surface area contributed by atoms with Gasteiger partial charge in [0.15, 0.2) is 5.75 Å². The zero-order chi connectivity index (χ0) is 14.8. The molecule has 0 aliphatic carbocycles. The van der Waals surface area contributed by atoms with Crippen LogP contribution in [-0.2, 0) is 6.61 Å². The first-order chi connectivity index (χ1) is 9.38. The van der Waals surface area contributed by atoms with Crippen molar-refractivity contribution in [2.75, 3.05) is 0 Å².